The van der Waals surface area contributed by atoms with Gasteiger partial charge >= 0.3 is 0 Å². The van der Waals surface area contributed by atoms with Gasteiger partial charge in [0.15, 0.2) is 8.38 Å². The van der Waals surface area contributed by atoms with E-state index in [4.69, 9.17) is 23.2 Å². The molecule has 1 aliphatic heterocycles. The number of rotatable bonds is 6. The Hall–Kier alpha value is 2.41. The van der Waals surface area contributed by atoms with E-state index in [1.807, 2.05) is 0 Å². The Balaban J connectivity index is 0.00000400. The zero-order valence-corrected chi connectivity index (χ0v) is 17.9. The Morgan fingerprint density at radius 3 is 2.60 bits per heavy atom. The summed E-state index contributed by atoms with van der Waals surface area (Å²) < 4.78 is 24.3. The van der Waals surface area contributed by atoms with Crippen molar-refractivity contribution in [1.29, 1.82) is 0 Å². The minimum Gasteiger partial charge on any atom is -0.379 e. The molecule has 1 rings (SSSR count). The Morgan fingerprint density at radius 1 is 1.45 bits per heavy atom. The van der Waals surface area contributed by atoms with Crippen LogP contribution in [0.3, 0.4) is 0 Å². The van der Waals surface area contributed by atoms with Gasteiger partial charge in [0.2, 0.25) is 0 Å². The van der Waals surface area contributed by atoms with E-state index in [1.54, 1.807) is 28.3 Å². The van der Waals surface area contributed by atoms with Gasteiger partial charge in [-0.3, -0.25) is 0 Å². The molecule has 0 bridgehead atoms. The summed E-state index contributed by atoms with van der Waals surface area (Å²) >= 11 is 0. The Morgan fingerprint density at radius 2 is 2.10 bits per heavy atom. The third kappa shape index (κ3) is 8.32. The van der Waals surface area contributed by atoms with Crippen molar-refractivity contribution in [3.8, 4) is 0 Å². The summed E-state index contributed by atoms with van der Waals surface area (Å²) in [7, 11) is 7.67. The Kier molecular flexibility index (Phi) is 10.5. The summed E-state index contributed by atoms with van der Waals surface area (Å²) in [5.74, 6) is 0.460. The van der Waals surface area contributed by atoms with E-state index in [0.29, 0.717) is 5.94 Å². The monoisotopic (exact) mass is 465 g/mol. The van der Waals surface area contributed by atoms with Gasteiger partial charge < -0.3 is 18.9 Å². The molecule has 20 heavy (non-hydrogen) atoms. The predicted molar refractivity (Wildman–Crippen MR) is 84.7 cm³/mol. The maximum atomic E-state index is 9.43. The van der Waals surface area contributed by atoms with Gasteiger partial charge in [-0.05, 0) is 6.90 Å². The van der Waals surface area contributed by atoms with E-state index in [0.717, 1.165) is 0 Å². The summed E-state index contributed by atoms with van der Waals surface area (Å²) in [5.41, 5.74) is 0. The quantitative estimate of drug-likeness (QED) is 0.214. The first kappa shape index (κ1) is 20.5. The molecule has 2 unspecified atom stereocenters. The van der Waals surface area contributed by atoms with Crippen molar-refractivity contribution in [2.75, 3.05) is 12.6 Å². The zero-order chi connectivity index (χ0) is 15.3. The van der Waals surface area contributed by atoms with Crippen LogP contribution in [0.15, 0.2) is 0 Å². The number of hydrogen-bond donors (Lipinski definition) is 1. The molecule has 1 aliphatic rings. The normalized spacial score (nSPS) is 32.5. The van der Waals surface area contributed by atoms with Crippen LogP contribution in [-0.2, 0) is 14.0 Å². The van der Waals surface area contributed by atoms with E-state index in [2.05, 4.69) is 20.8 Å². The molecule has 2 radical (unpaired) electrons. The number of hydrogen-bond acceptors (Lipinski definition) is 6. The fourth-order valence-corrected chi connectivity index (χ4v) is 4.15. The average Bonchev–Trinajstić information content (AvgIpc) is 2.60. The summed E-state index contributed by atoms with van der Waals surface area (Å²) in [6, 6.07) is -0.620. The summed E-state index contributed by atoms with van der Waals surface area (Å²) in [4.78, 5) is 9.43. The molecule has 0 amide bonds. The first-order valence-corrected chi connectivity index (χ1v) is 9.94. The van der Waals surface area contributed by atoms with Gasteiger partial charge in [-0.25, -0.2) is 0 Å². The standard InChI is InChI=1S/C11H22BO4PS2.Ce/c1-7-8(16-17(5)13)9(10(12)15-7)14-6-18-19-11(2,3)4;/h7-10,13H,6H2,1-5H3;/t7-,8+,9?,10-,17?;/m1./s1/i1D;. The molecule has 1 N–H and O–H groups in total. The van der Waals surface area contributed by atoms with Gasteiger partial charge in [0.05, 0.1) is 6.10 Å². The molecule has 0 aromatic carbocycles. The van der Waals surface area contributed by atoms with Crippen LogP contribution in [0.2, 0.25) is 0 Å². The molecular weight excluding hydrogens is 442 g/mol. The van der Waals surface area contributed by atoms with E-state index in [-0.39, 0.29) is 53.4 Å². The van der Waals surface area contributed by atoms with Crippen molar-refractivity contribution in [2.45, 2.75) is 56.7 Å². The van der Waals surface area contributed by atoms with Gasteiger partial charge in [0.25, 0.3) is 0 Å². The molecule has 1 fully saturated rings. The zero-order valence-electron chi connectivity index (χ0n) is 13.2. The average molecular weight is 465 g/mol. The van der Waals surface area contributed by atoms with Crippen LogP contribution < -0.4 is 0 Å². The van der Waals surface area contributed by atoms with Gasteiger partial charge in [-0.1, -0.05) is 42.4 Å². The third-order valence-electron chi connectivity index (χ3n) is 2.24. The van der Waals surface area contributed by atoms with E-state index >= 15 is 0 Å². The van der Waals surface area contributed by atoms with Gasteiger partial charge in [0.1, 0.15) is 26.0 Å². The van der Waals surface area contributed by atoms with Crippen molar-refractivity contribution in [1.82, 2.24) is 0 Å². The molecule has 114 valence electrons. The maximum absolute atomic E-state index is 9.43. The van der Waals surface area contributed by atoms with Crippen molar-refractivity contribution < 1.29 is 62.0 Å². The third-order valence-corrected chi connectivity index (χ3v) is 5.78. The van der Waals surface area contributed by atoms with Gasteiger partial charge in [-0.2, -0.15) is 0 Å². The van der Waals surface area contributed by atoms with E-state index in [9.17, 15) is 4.89 Å². The van der Waals surface area contributed by atoms with Crippen LogP contribution in [-0.4, -0.2) is 54.4 Å². The van der Waals surface area contributed by atoms with Crippen LogP contribution >= 0.6 is 30.0 Å². The molecule has 5 atom stereocenters. The maximum Gasteiger partial charge on any atom is 0.164 e. The predicted octanol–water partition coefficient (Wildman–Crippen LogP) is 2.74. The van der Waals surface area contributed by atoms with Crippen LogP contribution in [0.25, 0.3) is 0 Å². The fourth-order valence-electron chi connectivity index (χ4n) is 1.56. The molecule has 1 saturated heterocycles. The van der Waals surface area contributed by atoms with Crippen molar-refractivity contribution in [2.24, 2.45) is 0 Å². The molecule has 0 saturated carbocycles. The second kappa shape index (κ2) is 10.3. The smallest absolute Gasteiger partial charge is 0.164 e. The minimum atomic E-state index is -1.54. The van der Waals surface area contributed by atoms with Crippen molar-refractivity contribution in [3.05, 3.63) is 0 Å². The Labute approximate surface area is 167 Å². The fraction of sp³-hybridized carbons (Fsp3) is 1.00. The molecule has 0 aromatic heterocycles. The first-order valence-electron chi connectivity index (χ1n) is 6.67. The molecular formula is C11H22BCeO4PS2. The number of ether oxygens (including phenoxy) is 2. The second-order valence-electron chi connectivity index (χ2n) is 5.24. The van der Waals surface area contributed by atoms with E-state index in [1.165, 1.54) is 0 Å². The SMILES string of the molecule is [2H]C[C@H]1O[C@@H]([B])C(OCSSC(C)(C)C)[C@H]1OP(C)O.[Ce]. The molecule has 9 heteroatoms. The molecule has 0 aromatic rings. The van der Waals surface area contributed by atoms with Crippen LogP contribution in [0.1, 0.15) is 29.0 Å². The van der Waals surface area contributed by atoms with Gasteiger partial charge in [-0.15, -0.1) is 0 Å². The summed E-state index contributed by atoms with van der Waals surface area (Å²) in [6.07, 6.45) is -1.38. The van der Waals surface area contributed by atoms with Gasteiger partial charge in [0, 0.05) is 60.5 Å². The summed E-state index contributed by atoms with van der Waals surface area (Å²) in [6.45, 7) is 8.01. The molecule has 4 nitrogen and oxygen atoms in total. The van der Waals surface area contributed by atoms with Crippen molar-refractivity contribution in [3.63, 3.8) is 0 Å². The van der Waals surface area contributed by atoms with Crippen LogP contribution in [0.4, 0.5) is 0 Å². The molecule has 0 aliphatic carbocycles. The first-order chi connectivity index (χ1) is 9.24. The molecule has 1 heterocycles. The Bertz CT molecular complexity index is 302. The topological polar surface area (TPSA) is 47.9 Å². The largest absolute Gasteiger partial charge is 0.379 e. The van der Waals surface area contributed by atoms with Crippen LogP contribution in [0.5, 0.6) is 0 Å². The minimum absolute atomic E-state index is 0. The summed E-state index contributed by atoms with van der Waals surface area (Å²) in [5, 5.41) is 0. The van der Waals surface area contributed by atoms with Crippen molar-refractivity contribution >= 4 is 37.8 Å². The van der Waals surface area contributed by atoms with Crippen LogP contribution in [0, 0.1) is 41.7 Å². The second-order valence-corrected chi connectivity index (χ2v) is 9.45. The molecule has 0 spiro atoms. The van der Waals surface area contributed by atoms with E-state index < -0.39 is 32.7 Å².